The van der Waals surface area contributed by atoms with Gasteiger partial charge in [-0.2, -0.15) is 0 Å². The number of β-amino-alcohol motifs (C(OH)–C–C–N with tert-alkyl or cyclic N) is 1. The summed E-state index contributed by atoms with van der Waals surface area (Å²) in [6.07, 6.45) is 6.05. The van der Waals surface area contributed by atoms with Crippen LogP contribution in [0.5, 0.6) is 0 Å². The van der Waals surface area contributed by atoms with E-state index in [9.17, 15) is 9.90 Å². The first-order valence-corrected chi connectivity index (χ1v) is 11.0. The second-order valence-electron chi connectivity index (χ2n) is 7.88. The van der Waals surface area contributed by atoms with E-state index >= 15 is 0 Å². The first-order valence-electron chi connectivity index (χ1n) is 11.0. The average molecular weight is 441 g/mol. The molecule has 3 rings (SSSR count). The number of benzene rings is 1. The van der Waals surface area contributed by atoms with Crippen LogP contribution in [-0.4, -0.2) is 89.3 Å². The maximum absolute atomic E-state index is 12.9. The van der Waals surface area contributed by atoms with Crippen LogP contribution in [0.15, 0.2) is 41.0 Å². The fraction of sp³-hybridized carbons (Fsp3) is 0.500. The van der Waals surface area contributed by atoms with E-state index in [-0.39, 0.29) is 19.1 Å². The number of terminal acetylenes is 1. The van der Waals surface area contributed by atoms with E-state index in [0.717, 1.165) is 31.7 Å². The van der Waals surface area contributed by atoms with Crippen LogP contribution < -0.4 is 0 Å². The Bertz CT molecular complexity index is 872. The summed E-state index contributed by atoms with van der Waals surface area (Å²) in [5, 5.41) is 10.0. The Hall–Kier alpha value is -2.70. The van der Waals surface area contributed by atoms with Gasteiger partial charge in [-0.05, 0) is 12.5 Å². The van der Waals surface area contributed by atoms with E-state index in [4.69, 9.17) is 15.6 Å². The molecule has 1 N–H and O–H groups in total. The van der Waals surface area contributed by atoms with E-state index in [1.165, 1.54) is 6.26 Å². The van der Waals surface area contributed by atoms with Gasteiger partial charge in [0.15, 0.2) is 5.69 Å². The molecule has 0 bridgehead atoms. The molecule has 1 aliphatic heterocycles. The number of aliphatic hydroxyl groups excluding tert-OH is 1. The molecule has 0 radical (unpaired) electrons. The Morgan fingerprint density at radius 1 is 1.28 bits per heavy atom. The van der Waals surface area contributed by atoms with E-state index in [1.807, 2.05) is 37.3 Å². The molecule has 1 aromatic carbocycles. The van der Waals surface area contributed by atoms with Gasteiger partial charge in [0.2, 0.25) is 5.89 Å². The van der Waals surface area contributed by atoms with Crippen molar-refractivity contribution in [3.05, 3.63) is 53.7 Å². The quantitative estimate of drug-likeness (QED) is 0.419. The SMILES string of the molecule is C#CCOCC(O)CN1CCN(Cc2nc(C(=O)N(CC)Cc3ccccc3)co2)CC1. The van der Waals surface area contributed by atoms with Crippen LogP contribution in [-0.2, 0) is 17.8 Å². The van der Waals surface area contributed by atoms with E-state index in [0.29, 0.717) is 37.8 Å². The van der Waals surface area contributed by atoms with Gasteiger partial charge in [0.25, 0.3) is 5.91 Å². The second kappa shape index (κ2) is 12.4. The fourth-order valence-corrected chi connectivity index (χ4v) is 3.70. The van der Waals surface area contributed by atoms with Gasteiger partial charge >= 0.3 is 0 Å². The molecular weight excluding hydrogens is 408 g/mol. The largest absolute Gasteiger partial charge is 0.447 e. The number of rotatable bonds is 11. The molecule has 0 spiro atoms. The third-order valence-electron chi connectivity index (χ3n) is 5.44. The summed E-state index contributed by atoms with van der Waals surface area (Å²) in [6, 6.07) is 9.91. The molecule has 2 heterocycles. The standard InChI is InChI=1S/C24H32N4O4/c1-3-14-31-18-21(29)16-26-10-12-27(13-11-26)17-23-25-22(19-32-23)24(30)28(4-2)15-20-8-6-5-7-9-20/h1,5-9,19,21,29H,4,10-18H2,2H3. The molecule has 0 aliphatic carbocycles. The molecule has 2 aromatic rings. The van der Waals surface area contributed by atoms with Gasteiger partial charge in [0.1, 0.15) is 12.9 Å². The van der Waals surface area contributed by atoms with Crippen molar-refractivity contribution < 1.29 is 19.1 Å². The number of carbonyl (C=O) groups is 1. The Morgan fingerprint density at radius 3 is 2.69 bits per heavy atom. The lowest BCUT2D eigenvalue weighted by Gasteiger charge is -2.34. The van der Waals surface area contributed by atoms with Crippen molar-refractivity contribution in [3.8, 4) is 12.3 Å². The maximum Gasteiger partial charge on any atom is 0.276 e. The summed E-state index contributed by atoms with van der Waals surface area (Å²) < 4.78 is 10.8. The highest BCUT2D eigenvalue weighted by Crippen LogP contribution is 2.13. The Labute approximate surface area is 189 Å². The summed E-state index contributed by atoms with van der Waals surface area (Å²) in [6.45, 7) is 8.00. The predicted octanol–water partition coefficient (Wildman–Crippen LogP) is 1.47. The Balaban J connectivity index is 1.45. The normalized spacial score (nSPS) is 15.9. The first-order chi connectivity index (χ1) is 15.6. The predicted molar refractivity (Wildman–Crippen MR) is 121 cm³/mol. The van der Waals surface area contributed by atoms with Crippen LogP contribution in [0, 0.1) is 12.3 Å². The molecule has 8 heteroatoms. The number of amides is 1. The molecular formula is C24H32N4O4. The zero-order valence-corrected chi connectivity index (χ0v) is 18.7. The van der Waals surface area contributed by atoms with Crippen molar-refractivity contribution in [2.45, 2.75) is 26.1 Å². The topological polar surface area (TPSA) is 82.3 Å². The highest BCUT2D eigenvalue weighted by Gasteiger charge is 2.23. The molecule has 1 saturated heterocycles. The van der Waals surface area contributed by atoms with Crippen LogP contribution in [0.1, 0.15) is 28.9 Å². The van der Waals surface area contributed by atoms with Gasteiger partial charge in [-0.25, -0.2) is 4.98 Å². The monoisotopic (exact) mass is 440 g/mol. The molecule has 1 atom stereocenters. The lowest BCUT2D eigenvalue weighted by atomic mass is 10.2. The Morgan fingerprint density at radius 2 is 2.00 bits per heavy atom. The van der Waals surface area contributed by atoms with Crippen molar-refractivity contribution in [2.75, 3.05) is 52.5 Å². The van der Waals surface area contributed by atoms with Crippen molar-refractivity contribution in [2.24, 2.45) is 0 Å². The van der Waals surface area contributed by atoms with Gasteiger partial charge < -0.3 is 19.2 Å². The van der Waals surface area contributed by atoms with Crippen LogP contribution in [0.25, 0.3) is 0 Å². The number of hydrogen-bond donors (Lipinski definition) is 1. The summed E-state index contributed by atoms with van der Waals surface area (Å²) in [5.41, 5.74) is 1.42. The van der Waals surface area contributed by atoms with Gasteiger partial charge in [-0.3, -0.25) is 14.6 Å². The van der Waals surface area contributed by atoms with Crippen LogP contribution in [0.3, 0.4) is 0 Å². The summed E-state index contributed by atoms with van der Waals surface area (Å²) in [5.74, 6) is 2.81. The van der Waals surface area contributed by atoms with Crippen LogP contribution >= 0.6 is 0 Å². The average Bonchev–Trinajstić information content (AvgIpc) is 3.27. The van der Waals surface area contributed by atoms with Gasteiger partial charge in [0.05, 0.1) is 19.3 Å². The van der Waals surface area contributed by atoms with Gasteiger partial charge in [0, 0.05) is 45.8 Å². The van der Waals surface area contributed by atoms with E-state index < -0.39 is 6.10 Å². The summed E-state index contributed by atoms with van der Waals surface area (Å²) in [7, 11) is 0. The van der Waals surface area contributed by atoms with Crippen molar-refractivity contribution in [1.29, 1.82) is 0 Å². The second-order valence-corrected chi connectivity index (χ2v) is 7.88. The molecule has 1 unspecified atom stereocenters. The molecule has 8 nitrogen and oxygen atoms in total. The molecule has 1 fully saturated rings. The van der Waals surface area contributed by atoms with Crippen molar-refractivity contribution in [3.63, 3.8) is 0 Å². The minimum absolute atomic E-state index is 0.128. The number of ether oxygens (including phenoxy) is 1. The lowest BCUT2D eigenvalue weighted by Crippen LogP contribution is -2.48. The van der Waals surface area contributed by atoms with E-state index in [2.05, 4.69) is 20.7 Å². The van der Waals surface area contributed by atoms with Gasteiger partial charge in [-0.15, -0.1) is 6.42 Å². The number of carbonyl (C=O) groups excluding carboxylic acids is 1. The molecule has 0 saturated carbocycles. The molecule has 1 aromatic heterocycles. The van der Waals surface area contributed by atoms with Crippen LogP contribution in [0.4, 0.5) is 0 Å². The van der Waals surface area contributed by atoms with E-state index in [1.54, 1.807) is 4.90 Å². The summed E-state index contributed by atoms with van der Waals surface area (Å²) >= 11 is 0. The molecule has 32 heavy (non-hydrogen) atoms. The van der Waals surface area contributed by atoms with Crippen molar-refractivity contribution >= 4 is 5.91 Å². The number of nitrogens with zero attached hydrogens (tertiary/aromatic N) is 4. The molecule has 172 valence electrons. The molecule has 1 aliphatic rings. The Kier molecular flexibility index (Phi) is 9.26. The zero-order valence-electron chi connectivity index (χ0n) is 18.7. The van der Waals surface area contributed by atoms with Gasteiger partial charge in [-0.1, -0.05) is 36.3 Å². The smallest absolute Gasteiger partial charge is 0.276 e. The number of piperazine rings is 1. The minimum atomic E-state index is -0.549. The number of oxazole rings is 1. The highest BCUT2D eigenvalue weighted by atomic mass is 16.5. The first kappa shape index (κ1) is 24.0. The number of aliphatic hydroxyl groups is 1. The maximum atomic E-state index is 12.9. The number of aromatic nitrogens is 1. The summed E-state index contributed by atoms with van der Waals surface area (Å²) in [4.78, 5) is 23.5. The molecule has 1 amide bonds. The van der Waals surface area contributed by atoms with Crippen LogP contribution in [0.2, 0.25) is 0 Å². The fourth-order valence-electron chi connectivity index (χ4n) is 3.70. The van der Waals surface area contributed by atoms with Crippen molar-refractivity contribution in [1.82, 2.24) is 19.7 Å². The lowest BCUT2D eigenvalue weighted by molar-refractivity contribution is 0.0146. The number of hydrogen-bond acceptors (Lipinski definition) is 7. The highest BCUT2D eigenvalue weighted by molar-refractivity contribution is 5.91. The minimum Gasteiger partial charge on any atom is -0.447 e. The zero-order chi connectivity index (χ0) is 22.8. The third-order valence-corrected chi connectivity index (χ3v) is 5.44. The third kappa shape index (κ3) is 7.18.